The molecule has 11 nitrogen and oxygen atoms in total. The molecule has 2 saturated carbocycles. The fraction of sp³-hybridized carbons (Fsp3) is 0.686. The van der Waals surface area contributed by atoms with Crippen LogP contribution in [0.15, 0.2) is 30.5 Å². The zero-order valence-electron chi connectivity index (χ0n) is 29.1. The number of allylic oxidation sites excluding steroid dienone is 2. The number of halogens is 4. The summed E-state index contributed by atoms with van der Waals surface area (Å²) in [6.45, 7) is 5.06. The molecule has 0 radical (unpaired) electrons. The summed E-state index contributed by atoms with van der Waals surface area (Å²) in [5.74, 6) is -4.96. The van der Waals surface area contributed by atoms with Gasteiger partial charge in [0.25, 0.3) is 0 Å². The van der Waals surface area contributed by atoms with E-state index in [1.54, 1.807) is 13.0 Å². The number of amides is 2. The minimum absolute atomic E-state index is 0.0135. The van der Waals surface area contributed by atoms with Crippen molar-refractivity contribution in [2.75, 3.05) is 6.54 Å². The summed E-state index contributed by atoms with van der Waals surface area (Å²) in [5, 5.41) is -0.316. The quantitative estimate of drug-likeness (QED) is 0.266. The van der Waals surface area contributed by atoms with Crippen LogP contribution in [0.5, 0.6) is 5.88 Å². The van der Waals surface area contributed by atoms with Gasteiger partial charge in [-0.3, -0.25) is 23.9 Å². The number of Topliss-reactive ketones (excluding diaryl/α,β-unsaturated/α-hetero) is 1. The van der Waals surface area contributed by atoms with Crippen molar-refractivity contribution in [1.29, 1.82) is 0 Å². The SMILES string of the molecule is C[C@@H]1CC/C=C\[C@@H]2C[C@@]2(C(=O)NS(=O)(=O)C2CC2)CC(=O)[C@@H]2C[C@@H](Oc3cc(Cl)ccn3)CN2C(=O)[C@@H](CC(=O)OC(C)(C)C(F)(F)F)[C@H](C)C1. The first-order chi connectivity index (χ1) is 23.7. The standard InChI is InChI=1S/C35H45ClF3N3O8S/c1-20-7-5-6-8-22-17-34(22,32(46)41-51(47,48)25-9-10-25)18-28(43)27-15-24(49-29-14-23(36)11-12-40-29)19-42(27)31(45)26(21(2)13-20)16-30(44)50-33(3,4)35(37,38)39/h6,8,11-12,14,20-22,24-27H,5,7,9-10,13,15-19H2,1-4H3,(H,41,46)/b8-6-/t20-,21-,22-,24-,26+,27+,34-/m1/s1. The summed E-state index contributed by atoms with van der Waals surface area (Å²) < 4.78 is 79.5. The lowest BCUT2D eigenvalue weighted by Gasteiger charge is -2.33. The Balaban J connectivity index is 1.48. The number of hydrogen-bond donors (Lipinski definition) is 1. The molecule has 4 aliphatic rings. The van der Waals surface area contributed by atoms with Crippen molar-refractivity contribution in [3.05, 3.63) is 35.5 Å². The predicted octanol–water partition coefficient (Wildman–Crippen LogP) is 5.56. The van der Waals surface area contributed by atoms with Gasteiger partial charge < -0.3 is 14.4 Å². The van der Waals surface area contributed by atoms with Gasteiger partial charge in [0, 0.05) is 30.1 Å². The van der Waals surface area contributed by atoms with Gasteiger partial charge in [-0.15, -0.1) is 0 Å². The number of nitrogens with one attached hydrogen (secondary N) is 1. The molecule has 0 bridgehead atoms. The Hall–Kier alpha value is -3.20. The Bertz CT molecular complexity index is 1670. The van der Waals surface area contributed by atoms with Crippen LogP contribution in [-0.2, 0) is 33.9 Å². The minimum Gasteiger partial charge on any atom is -0.472 e. The summed E-state index contributed by atoms with van der Waals surface area (Å²) in [6, 6.07) is 1.87. The van der Waals surface area contributed by atoms with Gasteiger partial charge in [0.1, 0.15) is 6.10 Å². The summed E-state index contributed by atoms with van der Waals surface area (Å²) >= 11 is 6.11. The van der Waals surface area contributed by atoms with Gasteiger partial charge in [-0.05, 0) is 76.2 Å². The van der Waals surface area contributed by atoms with Crippen molar-refractivity contribution >= 4 is 45.2 Å². The molecular weight excluding hydrogens is 715 g/mol. The number of fused-ring (bicyclic) bond motifs is 2. The van der Waals surface area contributed by atoms with E-state index in [0.717, 1.165) is 13.8 Å². The summed E-state index contributed by atoms with van der Waals surface area (Å²) in [7, 11) is -3.91. The average molecular weight is 760 g/mol. The number of sulfonamides is 1. The number of rotatable bonds is 8. The first-order valence-corrected chi connectivity index (χ1v) is 19.3. The number of alkyl halides is 3. The largest absolute Gasteiger partial charge is 0.472 e. The van der Waals surface area contributed by atoms with Crippen molar-refractivity contribution < 1.29 is 50.2 Å². The Morgan fingerprint density at radius 3 is 2.49 bits per heavy atom. The molecule has 51 heavy (non-hydrogen) atoms. The normalized spacial score (nSPS) is 31.4. The van der Waals surface area contributed by atoms with Crippen molar-refractivity contribution in [3.8, 4) is 5.88 Å². The highest BCUT2D eigenvalue weighted by Crippen LogP contribution is 2.57. The molecule has 0 spiro atoms. The predicted molar refractivity (Wildman–Crippen MR) is 180 cm³/mol. The third-order valence-electron chi connectivity index (χ3n) is 10.6. The number of carbonyl (C=O) groups is 4. The van der Waals surface area contributed by atoms with Gasteiger partial charge in [-0.2, -0.15) is 13.2 Å². The number of ether oxygens (including phenoxy) is 2. The van der Waals surface area contributed by atoms with E-state index < -0.39 is 92.4 Å². The number of pyridine rings is 1. The second-order valence-electron chi connectivity index (χ2n) is 15.2. The molecule has 282 valence electrons. The summed E-state index contributed by atoms with van der Waals surface area (Å²) in [5.41, 5.74) is -4.14. The Morgan fingerprint density at radius 1 is 1.14 bits per heavy atom. The maximum atomic E-state index is 14.5. The average Bonchev–Trinajstić information content (AvgIpc) is 3.94. The molecular formula is C35H45ClF3N3O8S. The molecule has 2 aliphatic carbocycles. The zero-order valence-corrected chi connectivity index (χ0v) is 30.7. The molecule has 1 aromatic rings. The third kappa shape index (κ3) is 9.06. The third-order valence-corrected chi connectivity index (χ3v) is 12.6. The fourth-order valence-corrected chi connectivity index (χ4v) is 8.70. The molecule has 2 aliphatic heterocycles. The number of aromatic nitrogens is 1. The van der Waals surface area contributed by atoms with Gasteiger partial charge >= 0.3 is 12.1 Å². The van der Waals surface area contributed by atoms with E-state index in [1.165, 1.54) is 17.2 Å². The van der Waals surface area contributed by atoms with E-state index in [4.69, 9.17) is 21.1 Å². The van der Waals surface area contributed by atoms with Gasteiger partial charge in [0.15, 0.2) is 5.78 Å². The van der Waals surface area contributed by atoms with Crippen LogP contribution in [0.1, 0.15) is 85.5 Å². The molecule has 1 aromatic heterocycles. The molecule has 7 atom stereocenters. The molecule has 1 N–H and O–H groups in total. The van der Waals surface area contributed by atoms with Gasteiger partial charge in [-0.25, -0.2) is 13.4 Å². The Labute approximate surface area is 301 Å². The monoisotopic (exact) mass is 759 g/mol. The van der Waals surface area contributed by atoms with Gasteiger partial charge in [-0.1, -0.05) is 37.6 Å². The van der Waals surface area contributed by atoms with Crippen LogP contribution in [0, 0.1) is 29.1 Å². The fourth-order valence-electron chi connectivity index (χ4n) is 7.17. The molecule has 5 rings (SSSR count). The maximum Gasteiger partial charge on any atom is 0.427 e. The molecule has 1 saturated heterocycles. The highest BCUT2D eigenvalue weighted by molar-refractivity contribution is 7.90. The highest BCUT2D eigenvalue weighted by Gasteiger charge is 2.62. The van der Waals surface area contributed by atoms with E-state index in [2.05, 4.69) is 9.71 Å². The lowest BCUT2D eigenvalue weighted by molar-refractivity contribution is -0.257. The molecule has 16 heteroatoms. The lowest BCUT2D eigenvalue weighted by Crippen LogP contribution is -2.48. The Kier molecular flexibility index (Phi) is 11.2. The molecule has 0 aromatic carbocycles. The highest BCUT2D eigenvalue weighted by atomic mass is 35.5. The van der Waals surface area contributed by atoms with Crippen molar-refractivity contribution in [2.24, 2.45) is 29.1 Å². The molecule has 0 unspecified atom stereocenters. The number of nitrogens with zero attached hydrogens (tertiary/aromatic N) is 2. The van der Waals surface area contributed by atoms with E-state index in [0.29, 0.717) is 37.1 Å². The molecule has 2 amide bonds. The lowest BCUT2D eigenvalue weighted by atomic mass is 9.82. The van der Waals surface area contributed by atoms with Crippen LogP contribution in [-0.4, -0.2) is 77.6 Å². The first kappa shape index (κ1) is 39.0. The van der Waals surface area contributed by atoms with Crippen molar-refractivity contribution in [1.82, 2.24) is 14.6 Å². The van der Waals surface area contributed by atoms with E-state index in [1.807, 2.05) is 19.1 Å². The van der Waals surface area contributed by atoms with E-state index >= 15 is 0 Å². The number of carbonyl (C=O) groups excluding carboxylic acids is 4. The van der Waals surface area contributed by atoms with Gasteiger partial charge in [0.05, 0.1) is 35.6 Å². The maximum absolute atomic E-state index is 14.5. The summed E-state index contributed by atoms with van der Waals surface area (Å²) in [4.78, 5) is 61.0. The van der Waals surface area contributed by atoms with Crippen molar-refractivity contribution in [2.45, 2.75) is 115 Å². The van der Waals surface area contributed by atoms with Crippen LogP contribution in [0.4, 0.5) is 13.2 Å². The Morgan fingerprint density at radius 2 is 1.84 bits per heavy atom. The second kappa shape index (κ2) is 14.7. The van der Waals surface area contributed by atoms with Crippen LogP contribution in [0.25, 0.3) is 0 Å². The zero-order chi connectivity index (χ0) is 37.5. The van der Waals surface area contributed by atoms with Crippen molar-refractivity contribution in [3.63, 3.8) is 0 Å². The van der Waals surface area contributed by atoms with Crippen LogP contribution in [0.3, 0.4) is 0 Å². The summed E-state index contributed by atoms with van der Waals surface area (Å²) in [6.07, 6.45) is 1.38. The van der Waals surface area contributed by atoms with Gasteiger partial charge in [0.2, 0.25) is 33.3 Å². The van der Waals surface area contributed by atoms with E-state index in [9.17, 15) is 40.8 Å². The molecule has 3 heterocycles. The topological polar surface area (TPSA) is 149 Å². The number of ketones is 1. The van der Waals surface area contributed by atoms with Crippen LogP contribution >= 0.6 is 11.6 Å². The number of esters is 1. The second-order valence-corrected chi connectivity index (χ2v) is 17.6. The van der Waals surface area contributed by atoms with Crippen LogP contribution in [0.2, 0.25) is 5.02 Å². The minimum atomic E-state index is -4.85. The first-order valence-electron chi connectivity index (χ1n) is 17.3. The van der Waals surface area contributed by atoms with Crippen LogP contribution < -0.4 is 9.46 Å². The smallest absolute Gasteiger partial charge is 0.427 e. The number of hydrogen-bond acceptors (Lipinski definition) is 9. The van der Waals surface area contributed by atoms with E-state index in [-0.39, 0.29) is 37.6 Å². The molecule has 3 fully saturated rings.